The first-order valence-electron chi connectivity index (χ1n) is 9.30. The lowest BCUT2D eigenvalue weighted by Crippen LogP contribution is -2.53. The van der Waals surface area contributed by atoms with Gasteiger partial charge in [0.05, 0.1) is 12.5 Å². The monoisotopic (exact) mass is 330 g/mol. The van der Waals surface area contributed by atoms with Crippen molar-refractivity contribution in [2.24, 2.45) is 17.8 Å². The Morgan fingerprint density at radius 3 is 2.50 bits per heavy atom. The zero-order valence-electron chi connectivity index (χ0n) is 14.9. The van der Waals surface area contributed by atoms with Gasteiger partial charge in [-0.05, 0) is 36.8 Å². The quantitative estimate of drug-likeness (QED) is 0.814. The van der Waals surface area contributed by atoms with Gasteiger partial charge in [0.25, 0.3) is 0 Å². The van der Waals surface area contributed by atoms with Crippen LogP contribution < -0.4 is 5.32 Å². The maximum atomic E-state index is 11.5. The Kier molecular flexibility index (Phi) is 5.90. The molecule has 3 atom stereocenters. The number of benzene rings is 1. The Hall–Kier alpha value is -1.39. The number of piperidine rings is 1. The molecule has 0 aliphatic carbocycles. The summed E-state index contributed by atoms with van der Waals surface area (Å²) in [6.07, 6.45) is 1.80. The molecule has 24 heavy (non-hydrogen) atoms. The van der Waals surface area contributed by atoms with E-state index in [2.05, 4.69) is 54.4 Å². The van der Waals surface area contributed by atoms with Crippen molar-refractivity contribution in [3.63, 3.8) is 0 Å². The van der Waals surface area contributed by atoms with Crippen LogP contribution in [0.3, 0.4) is 0 Å². The summed E-state index contributed by atoms with van der Waals surface area (Å²) in [5, 5.41) is 3.72. The van der Waals surface area contributed by atoms with Crippen LogP contribution in [0.15, 0.2) is 30.3 Å². The normalized spacial score (nSPS) is 28.9. The number of nitrogens with one attached hydrogen (secondary N) is 1. The predicted molar refractivity (Wildman–Crippen MR) is 95.5 cm³/mol. The number of carbonyl (C=O) groups is 1. The Bertz CT molecular complexity index is 522. The van der Waals surface area contributed by atoms with E-state index in [1.54, 1.807) is 0 Å². The van der Waals surface area contributed by atoms with Gasteiger partial charge in [0.1, 0.15) is 0 Å². The van der Waals surface area contributed by atoms with Gasteiger partial charge < -0.3 is 10.1 Å². The summed E-state index contributed by atoms with van der Waals surface area (Å²) in [7, 11) is 0. The highest BCUT2D eigenvalue weighted by Crippen LogP contribution is 2.24. The minimum atomic E-state index is -0.00410. The SMILES string of the molecule is C[C@@H]1CN(Cc2ccccc2)C[C@@H](C)C1NCC[C@H]1CCOC1=O. The van der Waals surface area contributed by atoms with Crippen molar-refractivity contribution < 1.29 is 9.53 Å². The van der Waals surface area contributed by atoms with Crippen molar-refractivity contribution in [3.05, 3.63) is 35.9 Å². The lowest BCUT2D eigenvalue weighted by atomic mass is 9.85. The van der Waals surface area contributed by atoms with E-state index in [9.17, 15) is 4.79 Å². The number of hydrogen-bond donors (Lipinski definition) is 1. The van der Waals surface area contributed by atoms with E-state index in [0.29, 0.717) is 24.5 Å². The number of hydrogen-bond acceptors (Lipinski definition) is 4. The fourth-order valence-corrected chi connectivity index (χ4v) is 4.27. The first kappa shape index (κ1) is 17.4. The highest BCUT2D eigenvalue weighted by molar-refractivity contribution is 5.74. The van der Waals surface area contributed by atoms with Crippen molar-refractivity contribution in [1.29, 1.82) is 0 Å². The first-order valence-corrected chi connectivity index (χ1v) is 9.30. The molecule has 2 saturated heterocycles. The minimum absolute atomic E-state index is 0.00410. The van der Waals surface area contributed by atoms with Gasteiger partial charge in [0.2, 0.25) is 0 Å². The summed E-state index contributed by atoms with van der Waals surface area (Å²) in [4.78, 5) is 14.1. The Morgan fingerprint density at radius 2 is 1.88 bits per heavy atom. The molecule has 2 aliphatic heterocycles. The Balaban J connectivity index is 1.45. The van der Waals surface area contributed by atoms with Crippen LogP contribution in [0.2, 0.25) is 0 Å². The van der Waals surface area contributed by atoms with Crippen molar-refractivity contribution >= 4 is 5.97 Å². The molecule has 0 bridgehead atoms. The van der Waals surface area contributed by atoms with Crippen molar-refractivity contribution in [3.8, 4) is 0 Å². The van der Waals surface area contributed by atoms with Gasteiger partial charge in [-0.15, -0.1) is 0 Å². The van der Waals surface area contributed by atoms with Gasteiger partial charge in [-0.2, -0.15) is 0 Å². The molecule has 0 amide bonds. The standard InChI is InChI=1S/C20H30N2O2/c1-15-12-22(14-17-6-4-3-5-7-17)13-16(2)19(15)21-10-8-18-9-11-24-20(18)23/h3-7,15-16,18-19,21H,8-14H2,1-2H3/t15-,16-,18+/m1/s1. The third kappa shape index (κ3) is 4.37. The van der Waals surface area contributed by atoms with Crippen molar-refractivity contribution in [2.75, 3.05) is 26.2 Å². The van der Waals surface area contributed by atoms with Crippen LogP contribution in [0.25, 0.3) is 0 Å². The minimum Gasteiger partial charge on any atom is -0.465 e. The number of carbonyl (C=O) groups excluding carboxylic acids is 1. The molecular weight excluding hydrogens is 300 g/mol. The summed E-state index contributed by atoms with van der Waals surface area (Å²) in [5.74, 6) is 1.35. The maximum absolute atomic E-state index is 11.5. The zero-order chi connectivity index (χ0) is 16.9. The van der Waals surface area contributed by atoms with Crippen LogP contribution in [-0.4, -0.2) is 43.2 Å². The second-order valence-electron chi connectivity index (χ2n) is 7.56. The summed E-state index contributed by atoms with van der Waals surface area (Å²) < 4.78 is 5.05. The summed E-state index contributed by atoms with van der Waals surface area (Å²) in [6, 6.07) is 11.3. The van der Waals surface area contributed by atoms with Crippen LogP contribution in [0.4, 0.5) is 0 Å². The third-order valence-corrected chi connectivity index (χ3v) is 5.48. The second kappa shape index (κ2) is 8.13. The average Bonchev–Trinajstić information content (AvgIpc) is 2.96. The van der Waals surface area contributed by atoms with E-state index in [4.69, 9.17) is 4.74 Å². The van der Waals surface area contributed by atoms with Gasteiger partial charge in [-0.25, -0.2) is 0 Å². The van der Waals surface area contributed by atoms with Gasteiger partial charge in [0, 0.05) is 25.7 Å². The second-order valence-corrected chi connectivity index (χ2v) is 7.56. The lowest BCUT2D eigenvalue weighted by molar-refractivity contribution is -0.141. The van der Waals surface area contributed by atoms with Gasteiger partial charge in [0.15, 0.2) is 0 Å². The first-order chi connectivity index (χ1) is 11.6. The molecule has 2 fully saturated rings. The molecule has 1 aromatic carbocycles. The van der Waals surface area contributed by atoms with Crippen molar-refractivity contribution in [2.45, 2.75) is 39.3 Å². The van der Waals surface area contributed by atoms with Crippen molar-refractivity contribution in [1.82, 2.24) is 10.2 Å². The Labute approximate surface area is 145 Å². The number of nitrogens with zero attached hydrogens (tertiary/aromatic N) is 1. The molecule has 0 aromatic heterocycles. The van der Waals surface area contributed by atoms with Gasteiger partial charge >= 0.3 is 5.97 Å². The zero-order valence-corrected chi connectivity index (χ0v) is 14.9. The average molecular weight is 330 g/mol. The van der Waals surface area contributed by atoms with Crippen LogP contribution in [-0.2, 0) is 16.1 Å². The third-order valence-electron chi connectivity index (χ3n) is 5.48. The number of ether oxygens (including phenoxy) is 1. The molecule has 2 heterocycles. The number of esters is 1. The lowest BCUT2D eigenvalue weighted by Gasteiger charge is -2.42. The van der Waals surface area contributed by atoms with Crippen LogP contribution in [0, 0.1) is 17.8 Å². The molecule has 1 N–H and O–H groups in total. The Morgan fingerprint density at radius 1 is 1.17 bits per heavy atom. The van der Waals surface area contributed by atoms with E-state index in [1.165, 1.54) is 5.56 Å². The fraction of sp³-hybridized carbons (Fsp3) is 0.650. The van der Waals surface area contributed by atoms with E-state index in [-0.39, 0.29) is 11.9 Å². The van der Waals surface area contributed by atoms with E-state index in [1.807, 2.05) is 0 Å². The molecule has 0 radical (unpaired) electrons. The topological polar surface area (TPSA) is 41.6 Å². The molecule has 3 rings (SSSR count). The van der Waals surface area contributed by atoms with Crippen LogP contribution >= 0.6 is 0 Å². The molecule has 2 aliphatic rings. The molecule has 0 saturated carbocycles. The molecule has 0 unspecified atom stereocenters. The highest BCUT2D eigenvalue weighted by Gasteiger charge is 2.32. The maximum Gasteiger partial charge on any atom is 0.309 e. The highest BCUT2D eigenvalue weighted by atomic mass is 16.5. The smallest absolute Gasteiger partial charge is 0.309 e. The van der Waals surface area contributed by atoms with Gasteiger partial charge in [-0.1, -0.05) is 44.2 Å². The van der Waals surface area contributed by atoms with Gasteiger partial charge in [-0.3, -0.25) is 9.69 Å². The summed E-state index contributed by atoms with van der Waals surface area (Å²) in [5.41, 5.74) is 1.39. The number of rotatable bonds is 6. The number of likely N-dealkylation sites (tertiary alicyclic amines) is 1. The van der Waals surface area contributed by atoms with Crippen LogP contribution in [0.5, 0.6) is 0 Å². The molecule has 132 valence electrons. The van der Waals surface area contributed by atoms with E-state index >= 15 is 0 Å². The number of cyclic esters (lactones) is 1. The van der Waals surface area contributed by atoms with E-state index < -0.39 is 0 Å². The molecule has 4 nitrogen and oxygen atoms in total. The predicted octanol–water partition coefficient (Wildman–Crippen LogP) is 2.69. The summed E-state index contributed by atoms with van der Waals surface area (Å²) in [6.45, 7) is 9.50. The molecule has 4 heteroatoms. The molecule has 1 aromatic rings. The van der Waals surface area contributed by atoms with E-state index in [0.717, 1.165) is 39.0 Å². The largest absolute Gasteiger partial charge is 0.465 e. The van der Waals surface area contributed by atoms with Crippen LogP contribution in [0.1, 0.15) is 32.3 Å². The summed E-state index contributed by atoms with van der Waals surface area (Å²) >= 11 is 0. The molecule has 0 spiro atoms. The molecular formula is C20H30N2O2. The fourth-order valence-electron chi connectivity index (χ4n) is 4.27.